The van der Waals surface area contributed by atoms with Gasteiger partial charge >= 0.3 is 0 Å². The molecule has 0 aliphatic heterocycles. The van der Waals surface area contributed by atoms with Gasteiger partial charge in [-0.3, -0.25) is 9.80 Å². The second kappa shape index (κ2) is 17.1. The second-order valence-corrected chi connectivity index (χ2v) is 25.3. The third kappa shape index (κ3) is 7.12. The van der Waals surface area contributed by atoms with Crippen LogP contribution in [0, 0.1) is 82.9 Å². The van der Waals surface area contributed by atoms with E-state index in [4.69, 9.17) is 0 Å². The Morgan fingerprint density at radius 1 is 0.207 bits per heavy atom. The lowest BCUT2D eigenvalue weighted by atomic mass is 9.46. The molecular weight excluding hydrogens is 701 g/mol. The summed E-state index contributed by atoms with van der Waals surface area (Å²) in [5, 5.41) is 0. The molecule has 12 aliphatic carbocycles. The zero-order valence-corrected chi connectivity index (χ0v) is 37.9. The van der Waals surface area contributed by atoms with Crippen LogP contribution in [0.4, 0.5) is 0 Å². The average molecular weight is 793 g/mol. The Kier molecular flexibility index (Phi) is 11.7. The molecular formula is C56H92N2. The van der Waals surface area contributed by atoms with E-state index in [2.05, 4.69) is 9.80 Å². The molecule has 0 saturated heterocycles. The largest absolute Gasteiger partial charge is 0.294 e. The fourth-order valence-electron chi connectivity index (χ4n) is 21.4. The van der Waals surface area contributed by atoms with Crippen molar-refractivity contribution in [2.45, 2.75) is 267 Å². The lowest BCUT2D eigenvalue weighted by molar-refractivity contribution is -0.161. The molecule has 58 heavy (non-hydrogen) atoms. The highest BCUT2D eigenvalue weighted by molar-refractivity contribution is 5.11. The fraction of sp³-hybridized carbons (Fsp3) is 1.00. The van der Waals surface area contributed by atoms with Gasteiger partial charge < -0.3 is 0 Å². The minimum atomic E-state index is 0.933. The van der Waals surface area contributed by atoms with Gasteiger partial charge in [-0.1, -0.05) is 116 Å². The van der Waals surface area contributed by atoms with E-state index < -0.39 is 0 Å². The first kappa shape index (κ1) is 39.5. The van der Waals surface area contributed by atoms with Crippen LogP contribution in [0.1, 0.15) is 231 Å². The summed E-state index contributed by atoms with van der Waals surface area (Å²) >= 11 is 0. The first-order valence-corrected chi connectivity index (χ1v) is 28.3. The van der Waals surface area contributed by atoms with Gasteiger partial charge in [0.1, 0.15) is 0 Å². The first-order valence-electron chi connectivity index (χ1n) is 28.3. The van der Waals surface area contributed by atoms with E-state index in [0.29, 0.717) is 0 Å². The maximum Gasteiger partial charge on any atom is 0.0132 e. The van der Waals surface area contributed by atoms with Crippen molar-refractivity contribution in [2.24, 2.45) is 82.9 Å². The predicted octanol–water partition coefficient (Wildman–Crippen LogP) is 14.6. The molecule has 12 saturated carbocycles. The molecule has 0 heterocycles. The van der Waals surface area contributed by atoms with Crippen molar-refractivity contribution in [3.63, 3.8) is 0 Å². The maximum absolute atomic E-state index is 3.57. The summed E-state index contributed by atoms with van der Waals surface area (Å²) in [7, 11) is 0. The molecule has 2 nitrogen and oxygen atoms in total. The van der Waals surface area contributed by atoms with E-state index in [1.807, 2.05) is 0 Å². The van der Waals surface area contributed by atoms with E-state index in [9.17, 15) is 0 Å². The van der Waals surface area contributed by atoms with Gasteiger partial charge in [0.25, 0.3) is 0 Å². The molecule has 12 fully saturated rings. The third-order valence-corrected chi connectivity index (χ3v) is 23.4. The normalized spacial score (nSPS) is 53.1. The first-order chi connectivity index (χ1) is 28.8. The van der Waals surface area contributed by atoms with Gasteiger partial charge in [-0.15, -0.1) is 0 Å². The molecule has 0 spiro atoms. The molecule has 0 aromatic rings. The standard InChI is InChI=1S/C56H92N2/c1-3-15-43-35-45(29-23-37(43)11-1)57(51-21-9-17-39-13-5-7-19-47(39)51)53-33-27-41-26-32-50-54(34-28-42-25-31-49(53)55(41)56(42)50)58(46-30-24-38-12-2-4-16-44(38)36-46)52-22-10-18-40-14-6-8-20-48(40)52/h37-56H,1-36H2. The maximum atomic E-state index is 3.57. The lowest BCUT2D eigenvalue weighted by Gasteiger charge is -2.65. The average Bonchev–Trinajstić information content (AvgIpc) is 3.29. The SMILES string of the molecule is C1CCC2CC(N(C3CCCC4CCCCC43)C3CCC4CCC5C6C(CCC3C46)CCC5N(C3CCC4CCCCC4C3)C3CCCC4CCCCC43)CCC2C1. The Morgan fingerprint density at radius 2 is 0.552 bits per heavy atom. The van der Waals surface area contributed by atoms with Crippen LogP contribution < -0.4 is 0 Å². The number of hydrogen-bond donors (Lipinski definition) is 0. The van der Waals surface area contributed by atoms with E-state index in [0.717, 1.165) is 119 Å². The summed E-state index contributed by atoms with van der Waals surface area (Å²) in [6.45, 7) is 0. The fourth-order valence-corrected chi connectivity index (χ4v) is 21.4. The molecule has 12 rings (SSSR count). The van der Waals surface area contributed by atoms with Gasteiger partial charge in [0, 0.05) is 36.3 Å². The molecule has 20 atom stereocenters. The highest BCUT2D eigenvalue weighted by Crippen LogP contribution is 2.63. The quantitative estimate of drug-likeness (QED) is 0.264. The molecule has 0 bridgehead atoms. The highest BCUT2D eigenvalue weighted by atomic mass is 15.2. The monoisotopic (exact) mass is 793 g/mol. The van der Waals surface area contributed by atoms with Crippen LogP contribution in [0.5, 0.6) is 0 Å². The van der Waals surface area contributed by atoms with E-state index in [1.165, 1.54) is 0 Å². The highest BCUT2D eigenvalue weighted by Gasteiger charge is 2.60. The molecule has 2 heteroatoms. The number of fused-ring (bicyclic) bond motifs is 4. The van der Waals surface area contributed by atoms with Crippen LogP contribution >= 0.6 is 0 Å². The molecule has 0 N–H and O–H groups in total. The smallest absolute Gasteiger partial charge is 0.0132 e. The second-order valence-electron chi connectivity index (χ2n) is 25.3. The van der Waals surface area contributed by atoms with E-state index >= 15 is 0 Å². The Bertz CT molecular complexity index is 1270. The predicted molar refractivity (Wildman–Crippen MR) is 241 cm³/mol. The Balaban J connectivity index is 0.865. The van der Waals surface area contributed by atoms with Crippen molar-refractivity contribution in [3.8, 4) is 0 Å². The molecule has 326 valence electrons. The zero-order valence-electron chi connectivity index (χ0n) is 37.9. The van der Waals surface area contributed by atoms with Gasteiger partial charge in [0.15, 0.2) is 0 Å². The Labute approximate surface area is 358 Å². The lowest BCUT2D eigenvalue weighted by Crippen LogP contribution is -2.66. The summed E-state index contributed by atoms with van der Waals surface area (Å²) in [5.74, 6) is 15.0. The van der Waals surface area contributed by atoms with Gasteiger partial charge in [-0.2, -0.15) is 0 Å². The van der Waals surface area contributed by atoms with Crippen LogP contribution in [-0.2, 0) is 0 Å². The van der Waals surface area contributed by atoms with Crippen molar-refractivity contribution < 1.29 is 0 Å². The number of rotatable bonds is 6. The van der Waals surface area contributed by atoms with Gasteiger partial charge in [0.2, 0.25) is 0 Å². The molecule has 0 amide bonds. The van der Waals surface area contributed by atoms with Crippen LogP contribution in [0.15, 0.2) is 0 Å². The number of hydrogen-bond acceptors (Lipinski definition) is 2. The Morgan fingerprint density at radius 3 is 1.02 bits per heavy atom. The number of nitrogens with zero attached hydrogens (tertiary/aromatic N) is 2. The molecule has 20 unspecified atom stereocenters. The van der Waals surface area contributed by atoms with E-state index in [1.54, 1.807) is 231 Å². The van der Waals surface area contributed by atoms with Crippen LogP contribution in [-0.4, -0.2) is 46.1 Å². The van der Waals surface area contributed by atoms with Crippen molar-refractivity contribution in [3.05, 3.63) is 0 Å². The Hall–Kier alpha value is -0.0800. The molecule has 12 aliphatic rings. The minimum Gasteiger partial charge on any atom is -0.294 e. The van der Waals surface area contributed by atoms with Crippen molar-refractivity contribution in [1.29, 1.82) is 0 Å². The van der Waals surface area contributed by atoms with Gasteiger partial charge in [-0.05, 0) is 198 Å². The van der Waals surface area contributed by atoms with Crippen molar-refractivity contribution in [1.82, 2.24) is 9.80 Å². The van der Waals surface area contributed by atoms with Crippen molar-refractivity contribution >= 4 is 0 Å². The van der Waals surface area contributed by atoms with Gasteiger partial charge in [-0.25, -0.2) is 0 Å². The minimum absolute atomic E-state index is 0.933. The van der Waals surface area contributed by atoms with Crippen LogP contribution in [0.3, 0.4) is 0 Å². The van der Waals surface area contributed by atoms with Crippen molar-refractivity contribution in [2.75, 3.05) is 0 Å². The van der Waals surface area contributed by atoms with E-state index in [-0.39, 0.29) is 0 Å². The molecule has 0 aromatic carbocycles. The summed E-state index contributed by atoms with van der Waals surface area (Å²) in [5.41, 5.74) is 0. The summed E-state index contributed by atoms with van der Waals surface area (Å²) in [6.07, 6.45) is 56.9. The molecule has 0 radical (unpaired) electrons. The zero-order chi connectivity index (χ0) is 38.2. The summed E-state index contributed by atoms with van der Waals surface area (Å²) in [4.78, 5) is 7.14. The molecule has 0 aromatic heterocycles. The third-order valence-electron chi connectivity index (χ3n) is 23.4. The summed E-state index contributed by atoms with van der Waals surface area (Å²) in [6, 6.07) is 5.64. The van der Waals surface area contributed by atoms with Crippen LogP contribution in [0.2, 0.25) is 0 Å². The van der Waals surface area contributed by atoms with Crippen LogP contribution in [0.25, 0.3) is 0 Å². The summed E-state index contributed by atoms with van der Waals surface area (Å²) < 4.78 is 0. The van der Waals surface area contributed by atoms with Gasteiger partial charge in [0.05, 0.1) is 0 Å². The topological polar surface area (TPSA) is 6.48 Å².